The fourth-order valence-corrected chi connectivity index (χ4v) is 2.49. The quantitative estimate of drug-likeness (QED) is 0.798. The number of carboxylic acid groups (broad SMARTS) is 1. The molecule has 22 heavy (non-hydrogen) atoms. The van der Waals surface area contributed by atoms with E-state index >= 15 is 0 Å². The Hall–Kier alpha value is -1.95. The van der Waals surface area contributed by atoms with Crippen LogP contribution in [0.5, 0.6) is 0 Å². The topological polar surface area (TPSA) is 75.1 Å². The molecule has 1 unspecified atom stereocenters. The number of halogens is 1. The number of hydrogen-bond acceptors (Lipinski definition) is 3. The van der Waals surface area contributed by atoms with E-state index in [2.05, 4.69) is 31.2 Å². The maximum Gasteiger partial charge on any atom is 0.405 e. The third-order valence-electron chi connectivity index (χ3n) is 3.31. The molecule has 6 heteroatoms. The maximum atomic E-state index is 11.1. The van der Waals surface area contributed by atoms with Gasteiger partial charge in [-0.2, -0.15) is 0 Å². The molecule has 0 aliphatic carbocycles. The first-order valence-electron chi connectivity index (χ1n) is 6.85. The maximum absolute atomic E-state index is 11.1. The third kappa shape index (κ3) is 4.04. The van der Waals surface area contributed by atoms with Crippen LogP contribution in [0.4, 0.5) is 4.79 Å². The van der Waals surface area contributed by atoms with Crippen molar-refractivity contribution in [3.8, 4) is 11.1 Å². The van der Waals surface area contributed by atoms with E-state index in [1.165, 1.54) is 0 Å². The van der Waals surface area contributed by atoms with Gasteiger partial charge in [-0.1, -0.05) is 39.0 Å². The van der Waals surface area contributed by atoms with Gasteiger partial charge in [0.05, 0.1) is 6.04 Å². The van der Waals surface area contributed by atoms with Gasteiger partial charge in [-0.05, 0) is 38.5 Å². The standard InChI is InChI=1S/C16H18BrN3O2/c1-16(2,3)13(20-15(21)22)11-6-4-5-10(7-11)12-8-18-14(17)19-9-12/h4-9,13,20H,1-3H3,(H,21,22). The minimum absolute atomic E-state index is 0.243. The highest BCUT2D eigenvalue weighted by molar-refractivity contribution is 9.10. The van der Waals surface area contributed by atoms with Crippen LogP contribution in [0.3, 0.4) is 0 Å². The second-order valence-corrected chi connectivity index (χ2v) is 6.82. The van der Waals surface area contributed by atoms with Crippen LogP contribution in [0.25, 0.3) is 11.1 Å². The van der Waals surface area contributed by atoms with Crippen LogP contribution in [-0.4, -0.2) is 21.2 Å². The van der Waals surface area contributed by atoms with E-state index in [0.29, 0.717) is 4.73 Å². The second kappa shape index (κ2) is 6.44. The summed E-state index contributed by atoms with van der Waals surface area (Å²) in [5.41, 5.74) is 2.50. The van der Waals surface area contributed by atoms with Crippen molar-refractivity contribution in [1.29, 1.82) is 0 Å². The van der Waals surface area contributed by atoms with E-state index in [1.807, 2.05) is 45.0 Å². The van der Waals surface area contributed by atoms with Gasteiger partial charge < -0.3 is 10.4 Å². The molecule has 2 rings (SSSR count). The Morgan fingerprint density at radius 2 is 1.86 bits per heavy atom. The Balaban J connectivity index is 2.41. The lowest BCUT2D eigenvalue weighted by molar-refractivity contribution is 0.175. The number of nitrogens with one attached hydrogen (secondary N) is 1. The fraction of sp³-hybridized carbons (Fsp3) is 0.312. The molecule has 0 aliphatic heterocycles. The smallest absolute Gasteiger partial charge is 0.405 e. The monoisotopic (exact) mass is 363 g/mol. The van der Waals surface area contributed by atoms with Crippen LogP contribution in [0, 0.1) is 5.41 Å². The molecule has 2 N–H and O–H groups in total. The number of nitrogens with zero attached hydrogens (tertiary/aromatic N) is 2. The van der Waals surface area contributed by atoms with Crippen molar-refractivity contribution < 1.29 is 9.90 Å². The molecule has 0 bridgehead atoms. The first-order valence-corrected chi connectivity index (χ1v) is 7.64. The van der Waals surface area contributed by atoms with Crippen molar-refractivity contribution in [1.82, 2.24) is 15.3 Å². The van der Waals surface area contributed by atoms with Crippen molar-refractivity contribution in [3.63, 3.8) is 0 Å². The van der Waals surface area contributed by atoms with Gasteiger partial charge in [0.15, 0.2) is 4.73 Å². The number of amides is 1. The van der Waals surface area contributed by atoms with Gasteiger partial charge in [-0.3, -0.25) is 0 Å². The Morgan fingerprint density at radius 3 is 2.41 bits per heavy atom. The molecule has 0 spiro atoms. The van der Waals surface area contributed by atoms with Crippen LogP contribution < -0.4 is 5.32 Å². The number of carbonyl (C=O) groups is 1. The van der Waals surface area contributed by atoms with E-state index in [0.717, 1.165) is 16.7 Å². The lowest BCUT2D eigenvalue weighted by Crippen LogP contribution is -2.35. The van der Waals surface area contributed by atoms with Crippen LogP contribution in [0.15, 0.2) is 41.4 Å². The van der Waals surface area contributed by atoms with Crippen LogP contribution in [0.1, 0.15) is 32.4 Å². The van der Waals surface area contributed by atoms with Crippen LogP contribution in [0.2, 0.25) is 0 Å². The number of benzene rings is 1. The summed E-state index contributed by atoms with van der Waals surface area (Å²) in [6, 6.07) is 7.46. The SMILES string of the molecule is CC(C)(C)C(NC(=O)O)c1cccc(-c2cnc(Br)nc2)c1. The molecule has 1 amide bonds. The van der Waals surface area contributed by atoms with Crippen LogP contribution >= 0.6 is 15.9 Å². The third-order valence-corrected chi connectivity index (χ3v) is 3.72. The molecule has 0 saturated heterocycles. The van der Waals surface area contributed by atoms with Crippen molar-refractivity contribution in [2.75, 3.05) is 0 Å². The second-order valence-electron chi connectivity index (χ2n) is 6.11. The minimum atomic E-state index is -1.03. The highest BCUT2D eigenvalue weighted by atomic mass is 79.9. The summed E-state index contributed by atoms with van der Waals surface area (Å²) < 4.78 is 0.535. The molecular weight excluding hydrogens is 346 g/mol. The Kier molecular flexibility index (Phi) is 4.81. The van der Waals surface area contributed by atoms with Gasteiger partial charge in [0.25, 0.3) is 0 Å². The van der Waals surface area contributed by atoms with Gasteiger partial charge in [-0.25, -0.2) is 14.8 Å². The normalized spacial score (nSPS) is 12.7. The molecule has 1 atom stereocenters. The summed E-state index contributed by atoms with van der Waals surface area (Å²) in [7, 11) is 0. The van der Waals surface area contributed by atoms with Crippen molar-refractivity contribution >= 4 is 22.0 Å². The Morgan fingerprint density at radius 1 is 1.23 bits per heavy atom. The van der Waals surface area contributed by atoms with Crippen molar-refractivity contribution in [2.45, 2.75) is 26.8 Å². The van der Waals surface area contributed by atoms with Crippen molar-refractivity contribution in [2.24, 2.45) is 5.41 Å². The predicted octanol–water partition coefficient (Wildman–Crippen LogP) is 4.26. The molecule has 2 aromatic rings. The van der Waals surface area contributed by atoms with Crippen molar-refractivity contribution in [3.05, 3.63) is 47.0 Å². The zero-order valence-electron chi connectivity index (χ0n) is 12.7. The highest BCUT2D eigenvalue weighted by Gasteiger charge is 2.28. The molecule has 1 aromatic heterocycles. The zero-order valence-corrected chi connectivity index (χ0v) is 14.3. The largest absolute Gasteiger partial charge is 0.465 e. The molecule has 116 valence electrons. The average molecular weight is 364 g/mol. The lowest BCUT2D eigenvalue weighted by Gasteiger charge is -2.31. The van der Waals surface area contributed by atoms with Crippen LogP contribution in [-0.2, 0) is 0 Å². The lowest BCUT2D eigenvalue weighted by atomic mass is 9.82. The Labute approximate surface area is 137 Å². The van der Waals surface area contributed by atoms with Gasteiger partial charge >= 0.3 is 6.09 Å². The van der Waals surface area contributed by atoms with E-state index in [1.54, 1.807) is 12.4 Å². The van der Waals surface area contributed by atoms with Gasteiger partial charge in [-0.15, -0.1) is 0 Å². The number of rotatable bonds is 3. The summed E-state index contributed by atoms with van der Waals surface area (Å²) in [5.74, 6) is 0. The first kappa shape index (κ1) is 16.4. The molecule has 1 heterocycles. The first-order chi connectivity index (χ1) is 10.3. The van der Waals surface area contributed by atoms with E-state index in [-0.39, 0.29) is 11.5 Å². The molecule has 0 radical (unpaired) electrons. The number of hydrogen-bond donors (Lipinski definition) is 2. The molecule has 1 aromatic carbocycles. The van der Waals surface area contributed by atoms with Gasteiger partial charge in [0.1, 0.15) is 0 Å². The number of aromatic nitrogens is 2. The predicted molar refractivity (Wildman–Crippen MR) is 88.5 cm³/mol. The van der Waals surface area contributed by atoms with E-state index < -0.39 is 6.09 Å². The Bertz CT molecular complexity index is 666. The minimum Gasteiger partial charge on any atom is -0.465 e. The summed E-state index contributed by atoms with van der Waals surface area (Å²) in [4.78, 5) is 19.3. The molecule has 0 fully saturated rings. The van der Waals surface area contributed by atoms with E-state index in [9.17, 15) is 4.79 Å². The molecule has 0 saturated carbocycles. The van der Waals surface area contributed by atoms with Gasteiger partial charge in [0.2, 0.25) is 0 Å². The molecular formula is C16H18BrN3O2. The summed E-state index contributed by atoms with van der Waals surface area (Å²) in [6.07, 6.45) is 2.43. The fourth-order valence-electron chi connectivity index (χ4n) is 2.28. The highest BCUT2D eigenvalue weighted by Crippen LogP contribution is 2.34. The van der Waals surface area contributed by atoms with Gasteiger partial charge in [0, 0.05) is 18.0 Å². The zero-order chi connectivity index (χ0) is 16.3. The molecule has 0 aliphatic rings. The van der Waals surface area contributed by atoms with E-state index in [4.69, 9.17) is 5.11 Å². The summed E-state index contributed by atoms with van der Waals surface area (Å²) in [6.45, 7) is 6.01. The summed E-state index contributed by atoms with van der Waals surface area (Å²) >= 11 is 3.21. The average Bonchev–Trinajstić information content (AvgIpc) is 2.44. The summed E-state index contributed by atoms with van der Waals surface area (Å²) in [5, 5.41) is 11.7. The molecule has 5 nitrogen and oxygen atoms in total.